The largest absolute Gasteiger partial charge is 0.352 e. The van der Waals surface area contributed by atoms with Crippen LogP contribution in [-0.2, 0) is 6.54 Å². The van der Waals surface area contributed by atoms with Crippen molar-refractivity contribution in [1.82, 2.24) is 14.6 Å². The van der Waals surface area contributed by atoms with E-state index < -0.39 is 0 Å². The Hall–Kier alpha value is -2.30. The summed E-state index contributed by atoms with van der Waals surface area (Å²) in [4.78, 5) is 14.9. The van der Waals surface area contributed by atoms with Gasteiger partial charge in [-0.15, -0.1) is 0 Å². The minimum atomic E-state index is 0.0139. The predicted octanol–water partition coefficient (Wildman–Crippen LogP) is 4.23. The highest BCUT2D eigenvalue weighted by Crippen LogP contribution is 2.20. The van der Waals surface area contributed by atoms with Gasteiger partial charge in [-0.05, 0) is 67.7 Å². The quantitative estimate of drug-likeness (QED) is 0.717. The average molecular weight is 382 g/mol. The van der Waals surface area contributed by atoms with Gasteiger partial charge in [-0.3, -0.25) is 9.69 Å². The lowest BCUT2D eigenvalue weighted by Crippen LogP contribution is -2.38. The van der Waals surface area contributed by atoms with Crippen molar-refractivity contribution in [3.05, 3.63) is 77.1 Å². The lowest BCUT2D eigenvalue weighted by atomic mass is 9.96. The van der Waals surface area contributed by atoms with Gasteiger partial charge in [-0.2, -0.15) is 0 Å². The highest BCUT2D eigenvalue weighted by molar-refractivity contribution is 6.30. The fourth-order valence-electron chi connectivity index (χ4n) is 3.76. The van der Waals surface area contributed by atoms with Crippen molar-refractivity contribution in [3.8, 4) is 0 Å². The molecule has 140 valence electrons. The van der Waals surface area contributed by atoms with Crippen LogP contribution in [0.1, 0.15) is 28.8 Å². The Morgan fingerprint density at radius 2 is 1.96 bits per heavy atom. The van der Waals surface area contributed by atoms with E-state index in [-0.39, 0.29) is 5.91 Å². The number of hydrogen-bond donors (Lipinski definition) is 1. The van der Waals surface area contributed by atoms with Gasteiger partial charge in [-0.25, -0.2) is 0 Å². The van der Waals surface area contributed by atoms with E-state index in [2.05, 4.69) is 16.3 Å². The van der Waals surface area contributed by atoms with Crippen molar-refractivity contribution in [2.24, 2.45) is 5.92 Å². The van der Waals surface area contributed by atoms with Crippen LogP contribution in [0, 0.1) is 5.92 Å². The van der Waals surface area contributed by atoms with E-state index in [0.717, 1.165) is 55.1 Å². The summed E-state index contributed by atoms with van der Waals surface area (Å²) in [6.07, 6.45) is 6.07. The Balaban J connectivity index is 1.25. The van der Waals surface area contributed by atoms with Gasteiger partial charge < -0.3 is 9.72 Å². The van der Waals surface area contributed by atoms with Crippen LogP contribution in [0.5, 0.6) is 0 Å². The summed E-state index contributed by atoms with van der Waals surface area (Å²) in [5.74, 6) is 0.557. The van der Waals surface area contributed by atoms with Crippen molar-refractivity contribution < 1.29 is 4.79 Å². The average Bonchev–Trinajstić information content (AvgIpc) is 3.12. The number of carbonyl (C=O) groups excluding carboxylic acids is 1. The van der Waals surface area contributed by atoms with Crippen LogP contribution in [0.25, 0.3) is 5.52 Å². The van der Waals surface area contributed by atoms with Crippen molar-refractivity contribution in [2.45, 2.75) is 19.4 Å². The van der Waals surface area contributed by atoms with Gasteiger partial charge in [0.2, 0.25) is 0 Å². The second kappa shape index (κ2) is 8.15. The van der Waals surface area contributed by atoms with Crippen LogP contribution in [0.4, 0.5) is 0 Å². The van der Waals surface area contributed by atoms with E-state index in [9.17, 15) is 4.79 Å². The third-order valence-corrected chi connectivity index (χ3v) is 5.56. The zero-order valence-electron chi connectivity index (χ0n) is 15.3. The lowest BCUT2D eigenvalue weighted by molar-refractivity contribution is 0.0935. The molecule has 3 aromatic rings. The number of nitrogens with zero attached hydrogens (tertiary/aromatic N) is 2. The number of fused-ring (bicyclic) bond motifs is 1. The summed E-state index contributed by atoms with van der Waals surface area (Å²) in [7, 11) is 0. The molecule has 0 saturated carbocycles. The number of rotatable bonds is 5. The molecule has 27 heavy (non-hydrogen) atoms. The fraction of sp³-hybridized carbons (Fsp3) is 0.318. The molecule has 0 unspecified atom stereocenters. The van der Waals surface area contributed by atoms with Crippen LogP contribution >= 0.6 is 11.6 Å². The molecule has 0 bridgehead atoms. The lowest BCUT2D eigenvalue weighted by Gasteiger charge is -2.32. The van der Waals surface area contributed by atoms with Gasteiger partial charge in [0.25, 0.3) is 5.91 Å². The standard InChI is InChI=1S/C22H24ClN3O/c23-20-5-3-4-18(12-20)15-25-10-7-17(8-11-25)14-24-22(27)19-13-21-6-1-2-9-26(21)16-19/h1-6,9,12-13,16-17H,7-8,10-11,14-15H2,(H,24,27). The number of pyridine rings is 1. The third-order valence-electron chi connectivity index (χ3n) is 5.32. The Kier molecular flexibility index (Phi) is 5.46. The van der Waals surface area contributed by atoms with Crippen LogP contribution in [0.2, 0.25) is 5.02 Å². The van der Waals surface area contributed by atoms with E-state index in [4.69, 9.17) is 11.6 Å². The maximum Gasteiger partial charge on any atom is 0.252 e. The molecule has 5 heteroatoms. The molecule has 4 nitrogen and oxygen atoms in total. The summed E-state index contributed by atoms with van der Waals surface area (Å²) < 4.78 is 1.98. The number of hydrogen-bond acceptors (Lipinski definition) is 2. The van der Waals surface area contributed by atoms with Gasteiger partial charge in [0, 0.05) is 36.0 Å². The van der Waals surface area contributed by atoms with Gasteiger partial charge in [0.1, 0.15) is 0 Å². The maximum absolute atomic E-state index is 12.4. The molecule has 1 aromatic carbocycles. The number of likely N-dealkylation sites (tertiary alicyclic amines) is 1. The minimum absolute atomic E-state index is 0.0139. The zero-order chi connectivity index (χ0) is 18.6. The first-order chi connectivity index (χ1) is 13.2. The second-order valence-corrected chi connectivity index (χ2v) is 7.76. The number of nitrogens with one attached hydrogen (secondary N) is 1. The number of piperidine rings is 1. The molecule has 4 rings (SSSR count). The van der Waals surface area contributed by atoms with Crippen molar-refractivity contribution >= 4 is 23.0 Å². The molecule has 3 heterocycles. The summed E-state index contributed by atoms with van der Waals surface area (Å²) in [5.41, 5.74) is 3.02. The minimum Gasteiger partial charge on any atom is -0.352 e. The summed E-state index contributed by atoms with van der Waals surface area (Å²) >= 11 is 6.07. The molecular weight excluding hydrogens is 358 g/mol. The fourth-order valence-corrected chi connectivity index (χ4v) is 3.97. The molecule has 0 radical (unpaired) electrons. The molecule has 1 N–H and O–H groups in total. The van der Waals surface area contributed by atoms with Crippen molar-refractivity contribution in [3.63, 3.8) is 0 Å². The van der Waals surface area contributed by atoms with Crippen LogP contribution in [0.15, 0.2) is 60.9 Å². The maximum atomic E-state index is 12.4. The van der Waals surface area contributed by atoms with Crippen LogP contribution < -0.4 is 5.32 Å². The van der Waals surface area contributed by atoms with Crippen LogP contribution in [0.3, 0.4) is 0 Å². The number of aromatic nitrogens is 1. The Bertz CT molecular complexity index is 895. The highest BCUT2D eigenvalue weighted by Gasteiger charge is 2.20. The highest BCUT2D eigenvalue weighted by atomic mass is 35.5. The summed E-state index contributed by atoms with van der Waals surface area (Å²) in [5, 5.41) is 3.91. The monoisotopic (exact) mass is 381 g/mol. The Morgan fingerprint density at radius 1 is 1.11 bits per heavy atom. The van der Waals surface area contributed by atoms with Crippen LogP contribution in [-0.4, -0.2) is 34.8 Å². The number of halogens is 1. The third kappa shape index (κ3) is 4.52. The molecule has 1 aliphatic rings. The predicted molar refractivity (Wildman–Crippen MR) is 109 cm³/mol. The molecule has 0 spiro atoms. The topological polar surface area (TPSA) is 36.8 Å². The van der Waals surface area contributed by atoms with E-state index in [1.54, 1.807) is 0 Å². The van der Waals surface area contributed by atoms with Gasteiger partial charge >= 0.3 is 0 Å². The van der Waals surface area contributed by atoms with E-state index in [1.807, 2.05) is 59.3 Å². The van der Waals surface area contributed by atoms with Gasteiger partial charge in [0.15, 0.2) is 0 Å². The zero-order valence-corrected chi connectivity index (χ0v) is 16.0. The summed E-state index contributed by atoms with van der Waals surface area (Å²) in [6, 6.07) is 16.0. The SMILES string of the molecule is O=C(NCC1CCN(Cc2cccc(Cl)c2)CC1)c1cc2ccccn2c1. The molecule has 1 fully saturated rings. The van der Waals surface area contributed by atoms with Gasteiger partial charge in [-0.1, -0.05) is 29.8 Å². The number of amides is 1. The molecule has 0 aliphatic carbocycles. The Labute approximate surface area is 164 Å². The molecule has 1 aliphatic heterocycles. The van der Waals surface area contributed by atoms with E-state index in [0.29, 0.717) is 5.92 Å². The molecular formula is C22H24ClN3O. The molecule has 1 amide bonds. The first-order valence-corrected chi connectivity index (χ1v) is 9.87. The molecule has 1 saturated heterocycles. The van der Waals surface area contributed by atoms with Crippen molar-refractivity contribution in [1.29, 1.82) is 0 Å². The van der Waals surface area contributed by atoms with Crippen molar-refractivity contribution in [2.75, 3.05) is 19.6 Å². The number of benzene rings is 1. The normalized spacial score (nSPS) is 15.9. The summed E-state index contributed by atoms with van der Waals surface area (Å²) in [6.45, 7) is 3.80. The van der Waals surface area contributed by atoms with E-state index in [1.165, 1.54) is 5.56 Å². The first-order valence-electron chi connectivity index (χ1n) is 9.49. The molecule has 0 atom stereocenters. The first kappa shape index (κ1) is 18.1. The van der Waals surface area contributed by atoms with E-state index >= 15 is 0 Å². The molecule has 2 aromatic heterocycles. The number of carbonyl (C=O) groups is 1. The Morgan fingerprint density at radius 3 is 2.74 bits per heavy atom. The van der Waals surface area contributed by atoms with Gasteiger partial charge in [0.05, 0.1) is 5.56 Å². The second-order valence-electron chi connectivity index (χ2n) is 7.32. The smallest absolute Gasteiger partial charge is 0.252 e.